The molecule has 1 heterocycles. The van der Waals surface area contributed by atoms with Crippen LogP contribution in [-0.2, 0) is 13.0 Å². The summed E-state index contributed by atoms with van der Waals surface area (Å²) in [7, 11) is 0. The van der Waals surface area contributed by atoms with Crippen LogP contribution < -0.4 is 5.32 Å². The molecule has 0 spiro atoms. The maximum atomic E-state index is 12.9. The van der Waals surface area contributed by atoms with E-state index in [1.54, 1.807) is 12.1 Å². The molecule has 5 heteroatoms. The van der Waals surface area contributed by atoms with Crippen molar-refractivity contribution in [2.24, 2.45) is 0 Å². The molecular weight excluding hydrogens is 249 g/mol. The van der Waals surface area contributed by atoms with E-state index in [9.17, 15) is 9.18 Å². The first-order valence-corrected chi connectivity index (χ1v) is 5.92. The van der Waals surface area contributed by atoms with Gasteiger partial charge in [0.1, 0.15) is 11.6 Å². The van der Waals surface area contributed by atoms with Crippen LogP contribution in [0.15, 0.2) is 40.8 Å². The van der Waals surface area contributed by atoms with Crippen molar-refractivity contribution in [3.8, 4) is 0 Å². The Morgan fingerprint density at radius 2 is 2.16 bits per heavy atom. The molecule has 2 rings (SSSR count). The Kier molecular flexibility index (Phi) is 4.30. The van der Waals surface area contributed by atoms with Crippen molar-refractivity contribution in [3.63, 3.8) is 0 Å². The summed E-state index contributed by atoms with van der Waals surface area (Å²) in [6.45, 7) is 1.11. The molecule has 0 aliphatic carbocycles. The van der Waals surface area contributed by atoms with Gasteiger partial charge >= 0.3 is 5.97 Å². The molecule has 0 fully saturated rings. The van der Waals surface area contributed by atoms with E-state index in [1.165, 1.54) is 18.2 Å². The molecule has 1 aromatic heterocycles. The van der Waals surface area contributed by atoms with Crippen molar-refractivity contribution >= 4 is 5.97 Å². The normalized spacial score (nSPS) is 10.6. The molecule has 0 bridgehead atoms. The molecule has 0 unspecified atom stereocenters. The third-order valence-corrected chi connectivity index (χ3v) is 2.65. The average Bonchev–Trinajstić information content (AvgIpc) is 2.84. The Hall–Kier alpha value is -2.14. The van der Waals surface area contributed by atoms with E-state index in [0.29, 0.717) is 25.3 Å². The largest absolute Gasteiger partial charge is 0.475 e. The van der Waals surface area contributed by atoms with Gasteiger partial charge in [0.15, 0.2) is 0 Å². The van der Waals surface area contributed by atoms with Crippen molar-refractivity contribution in [2.75, 3.05) is 6.54 Å². The molecule has 0 amide bonds. The highest BCUT2D eigenvalue weighted by atomic mass is 19.1. The molecule has 2 N–H and O–H groups in total. The zero-order chi connectivity index (χ0) is 13.7. The number of carboxylic acids is 1. The smallest absolute Gasteiger partial charge is 0.371 e. The zero-order valence-electron chi connectivity index (χ0n) is 10.2. The molecule has 0 radical (unpaired) electrons. The Bertz CT molecular complexity index is 565. The minimum Gasteiger partial charge on any atom is -0.475 e. The number of nitrogens with one attached hydrogen (secondary N) is 1. The summed E-state index contributed by atoms with van der Waals surface area (Å²) < 4.78 is 18.0. The maximum absolute atomic E-state index is 12.9. The lowest BCUT2D eigenvalue weighted by Crippen LogP contribution is -2.16. The number of halogens is 1. The maximum Gasteiger partial charge on any atom is 0.371 e. The van der Waals surface area contributed by atoms with Crippen molar-refractivity contribution in [1.82, 2.24) is 5.32 Å². The first-order chi connectivity index (χ1) is 9.15. The number of carboxylic acid groups (broad SMARTS) is 1. The number of rotatable bonds is 6. The third-order valence-electron chi connectivity index (χ3n) is 2.65. The monoisotopic (exact) mass is 263 g/mol. The molecular formula is C14H14FNO3. The number of hydrogen-bond donors (Lipinski definition) is 2. The van der Waals surface area contributed by atoms with Gasteiger partial charge in [-0.3, -0.25) is 0 Å². The van der Waals surface area contributed by atoms with Crippen LogP contribution in [0.25, 0.3) is 0 Å². The molecule has 1 aromatic carbocycles. The van der Waals surface area contributed by atoms with Crippen LogP contribution in [0.4, 0.5) is 4.39 Å². The Balaban J connectivity index is 1.76. The molecule has 0 saturated carbocycles. The fraction of sp³-hybridized carbons (Fsp3) is 0.214. The highest BCUT2D eigenvalue weighted by Gasteiger charge is 2.08. The summed E-state index contributed by atoms with van der Waals surface area (Å²) in [5.41, 5.74) is 0.915. The van der Waals surface area contributed by atoms with Crippen LogP contribution in [0.2, 0.25) is 0 Å². The van der Waals surface area contributed by atoms with E-state index in [-0.39, 0.29) is 11.6 Å². The van der Waals surface area contributed by atoms with Crippen LogP contribution in [0.1, 0.15) is 21.9 Å². The predicted octanol–water partition coefficient (Wildman–Crippen LogP) is 2.45. The summed E-state index contributed by atoms with van der Waals surface area (Å²) >= 11 is 0. The molecule has 0 aliphatic heterocycles. The number of furan rings is 1. The zero-order valence-corrected chi connectivity index (χ0v) is 10.2. The summed E-state index contributed by atoms with van der Waals surface area (Å²) in [6.07, 6.45) is 0.699. The highest BCUT2D eigenvalue weighted by Crippen LogP contribution is 2.07. The van der Waals surface area contributed by atoms with Crippen molar-refractivity contribution in [3.05, 3.63) is 59.3 Å². The first-order valence-electron chi connectivity index (χ1n) is 5.92. The number of aromatic carboxylic acids is 1. The summed E-state index contributed by atoms with van der Waals surface area (Å²) in [5, 5.41) is 11.8. The molecule has 0 saturated heterocycles. The second-order valence-corrected chi connectivity index (χ2v) is 4.13. The van der Waals surface area contributed by atoms with Crippen LogP contribution >= 0.6 is 0 Å². The van der Waals surface area contributed by atoms with Crippen LogP contribution in [0.3, 0.4) is 0 Å². The van der Waals surface area contributed by atoms with E-state index in [1.807, 2.05) is 6.07 Å². The molecule has 100 valence electrons. The summed E-state index contributed by atoms with van der Waals surface area (Å²) in [4.78, 5) is 10.6. The van der Waals surface area contributed by atoms with Gasteiger partial charge in [0.2, 0.25) is 5.76 Å². The van der Waals surface area contributed by atoms with E-state index in [4.69, 9.17) is 9.52 Å². The lowest BCUT2D eigenvalue weighted by atomic mass is 10.1. The summed E-state index contributed by atoms with van der Waals surface area (Å²) in [6, 6.07) is 9.49. The molecule has 4 nitrogen and oxygen atoms in total. The van der Waals surface area contributed by atoms with E-state index in [2.05, 4.69) is 5.32 Å². The van der Waals surface area contributed by atoms with Gasteiger partial charge < -0.3 is 14.8 Å². The minimum atomic E-state index is -1.08. The van der Waals surface area contributed by atoms with Crippen LogP contribution in [0, 0.1) is 5.82 Å². The van der Waals surface area contributed by atoms with Gasteiger partial charge in [-0.25, -0.2) is 9.18 Å². The average molecular weight is 263 g/mol. The lowest BCUT2D eigenvalue weighted by Gasteiger charge is -2.03. The minimum absolute atomic E-state index is 0.0677. The second kappa shape index (κ2) is 6.15. The van der Waals surface area contributed by atoms with Gasteiger partial charge in [-0.1, -0.05) is 12.1 Å². The van der Waals surface area contributed by atoms with Gasteiger partial charge in [-0.2, -0.15) is 0 Å². The van der Waals surface area contributed by atoms with Crippen molar-refractivity contribution in [1.29, 1.82) is 0 Å². The third kappa shape index (κ3) is 3.93. The van der Waals surface area contributed by atoms with Crippen LogP contribution in [-0.4, -0.2) is 17.6 Å². The molecule has 0 atom stereocenters. The van der Waals surface area contributed by atoms with E-state index >= 15 is 0 Å². The Labute approximate surface area is 109 Å². The van der Waals surface area contributed by atoms with Gasteiger partial charge in [0, 0.05) is 0 Å². The fourth-order valence-electron chi connectivity index (χ4n) is 1.72. The SMILES string of the molecule is O=C(O)c1ccc(CNCCc2cccc(F)c2)o1. The number of carbonyl (C=O) groups is 1. The Morgan fingerprint density at radius 1 is 1.32 bits per heavy atom. The molecule has 2 aromatic rings. The quantitative estimate of drug-likeness (QED) is 0.786. The predicted molar refractivity (Wildman–Crippen MR) is 67.5 cm³/mol. The first kappa shape index (κ1) is 13.3. The fourth-order valence-corrected chi connectivity index (χ4v) is 1.72. The summed E-state index contributed by atoms with van der Waals surface area (Å²) in [5.74, 6) is -0.820. The topological polar surface area (TPSA) is 62.5 Å². The second-order valence-electron chi connectivity index (χ2n) is 4.13. The lowest BCUT2D eigenvalue weighted by molar-refractivity contribution is 0.0660. The van der Waals surface area contributed by atoms with Gasteiger partial charge in [0.25, 0.3) is 0 Å². The van der Waals surface area contributed by atoms with E-state index < -0.39 is 5.97 Å². The van der Waals surface area contributed by atoms with Gasteiger partial charge in [-0.15, -0.1) is 0 Å². The van der Waals surface area contributed by atoms with Crippen molar-refractivity contribution in [2.45, 2.75) is 13.0 Å². The number of hydrogen-bond acceptors (Lipinski definition) is 3. The Morgan fingerprint density at radius 3 is 2.84 bits per heavy atom. The van der Waals surface area contributed by atoms with Crippen molar-refractivity contribution < 1.29 is 18.7 Å². The molecule has 19 heavy (non-hydrogen) atoms. The standard InChI is InChI=1S/C14H14FNO3/c15-11-3-1-2-10(8-11)6-7-16-9-12-4-5-13(19-12)14(17)18/h1-5,8,16H,6-7,9H2,(H,17,18). The molecule has 0 aliphatic rings. The number of benzene rings is 1. The van der Waals surface area contributed by atoms with Crippen LogP contribution in [0.5, 0.6) is 0 Å². The van der Waals surface area contributed by atoms with E-state index in [0.717, 1.165) is 5.56 Å². The highest BCUT2D eigenvalue weighted by molar-refractivity contribution is 5.84. The van der Waals surface area contributed by atoms with Gasteiger partial charge in [-0.05, 0) is 42.8 Å². The van der Waals surface area contributed by atoms with Gasteiger partial charge in [0.05, 0.1) is 6.54 Å².